The summed E-state index contributed by atoms with van der Waals surface area (Å²) < 4.78 is 0. The first kappa shape index (κ1) is 11.5. The third-order valence-electron chi connectivity index (χ3n) is 3.12. The Labute approximate surface area is 110 Å². The van der Waals surface area contributed by atoms with Gasteiger partial charge in [-0.15, -0.1) is 0 Å². The normalized spacial score (nSPS) is 10.8. The van der Waals surface area contributed by atoms with Gasteiger partial charge in [0.2, 0.25) is 5.91 Å². The second-order valence-corrected chi connectivity index (χ2v) is 4.51. The number of aromatic amines is 2. The molecule has 1 amide bonds. The largest absolute Gasteiger partial charge is 0.361 e. The van der Waals surface area contributed by atoms with Crippen molar-refractivity contribution in [2.75, 3.05) is 5.32 Å². The molecule has 0 radical (unpaired) electrons. The number of hydrogen-bond donors (Lipinski definition) is 3. The fraction of sp³-hybridized carbons (Fsp3) is 0.143. The first-order valence-electron chi connectivity index (χ1n) is 6.09. The quantitative estimate of drug-likeness (QED) is 0.671. The van der Waals surface area contributed by atoms with Crippen LogP contribution in [0.5, 0.6) is 0 Å². The molecular weight excluding hydrogens is 240 g/mol. The van der Waals surface area contributed by atoms with Crippen LogP contribution in [0.25, 0.3) is 10.9 Å². The van der Waals surface area contributed by atoms with E-state index in [9.17, 15) is 4.79 Å². The number of rotatable bonds is 3. The lowest BCUT2D eigenvalue weighted by Gasteiger charge is -2.03. The molecule has 3 N–H and O–H groups in total. The van der Waals surface area contributed by atoms with Crippen LogP contribution in [0.3, 0.4) is 0 Å². The molecule has 19 heavy (non-hydrogen) atoms. The standard InChI is InChI=1S/C14H14N4O/c1-9-7-16-18-14(9)17-13(19)6-10-8-15-12-5-3-2-4-11(10)12/h2-5,7-8,15H,6H2,1H3,(H2,16,17,18,19). The Morgan fingerprint density at radius 1 is 1.37 bits per heavy atom. The minimum Gasteiger partial charge on any atom is -0.361 e. The number of nitrogens with one attached hydrogen (secondary N) is 3. The average Bonchev–Trinajstić information content (AvgIpc) is 2.98. The molecule has 0 aliphatic carbocycles. The van der Waals surface area contributed by atoms with Gasteiger partial charge in [0.15, 0.2) is 0 Å². The summed E-state index contributed by atoms with van der Waals surface area (Å²) >= 11 is 0. The van der Waals surface area contributed by atoms with Crippen LogP contribution in [0.2, 0.25) is 0 Å². The van der Waals surface area contributed by atoms with Gasteiger partial charge in [-0.05, 0) is 18.6 Å². The number of nitrogens with zero attached hydrogens (tertiary/aromatic N) is 1. The van der Waals surface area contributed by atoms with Crippen molar-refractivity contribution in [1.82, 2.24) is 15.2 Å². The van der Waals surface area contributed by atoms with E-state index in [0.29, 0.717) is 12.2 Å². The zero-order chi connectivity index (χ0) is 13.2. The first-order chi connectivity index (χ1) is 9.24. The van der Waals surface area contributed by atoms with E-state index in [0.717, 1.165) is 22.0 Å². The number of carbonyl (C=O) groups excluding carboxylic acids is 1. The predicted molar refractivity (Wildman–Crippen MR) is 74.0 cm³/mol. The van der Waals surface area contributed by atoms with Gasteiger partial charge in [0.05, 0.1) is 12.6 Å². The van der Waals surface area contributed by atoms with Gasteiger partial charge in [-0.2, -0.15) is 5.10 Å². The summed E-state index contributed by atoms with van der Waals surface area (Å²) in [5.74, 6) is 0.599. The summed E-state index contributed by atoms with van der Waals surface area (Å²) in [5.41, 5.74) is 2.96. The molecule has 2 aromatic heterocycles. The summed E-state index contributed by atoms with van der Waals surface area (Å²) in [6, 6.07) is 7.94. The maximum atomic E-state index is 12.0. The molecule has 0 saturated carbocycles. The lowest BCUT2D eigenvalue weighted by atomic mass is 10.1. The van der Waals surface area contributed by atoms with Crippen LogP contribution in [0, 0.1) is 6.92 Å². The van der Waals surface area contributed by atoms with Gasteiger partial charge in [0.25, 0.3) is 0 Å². The van der Waals surface area contributed by atoms with Crippen molar-refractivity contribution >= 4 is 22.6 Å². The van der Waals surface area contributed by atoms with Crippen molar-refractivity contribution in [2.45, 2.75) is 13.3 Å². The summed E-state index contributed by atoms with van der Waals surface area (Å²) in [6.07, 6.45) is 3.90. The van der Waals surface area contributed by atoms with Crippen molar-refractivity contribution in [3.63, 3.8) is 0 Å². The van der Waals surface area contributed by atoms with Gasteiger partial charge in [0, 0.05) is 22.7 Å². The molecule has 3 rings (SSSR count). The van der Waals surface area contributed by atoms with Crippen LogP contribution in [0.1, 0.15) is 11.1 Å². The lowest BCUT2D eigenvalue weighted by molar-refractivity contribution is -0.115. The van der Waals surface area contributed by atoms with E-state index >= 15 is 0 Å². The number of anilines is 1. The zero-order valence-corrected chi connectivity index (χ0v) is 10.5. The monoisotopic (exact) mass is 254 g/mol. The van der Waals surface area contributed by atoms with Gasteiger partial charge in [-0.1, -0.05) is 18.2 Å². The predicted octanol–water partition coefficient (Wildman–Crippen LogP) is 2.38. The highest BCUT2D eigenvalue weighted by Gasteiger charge is 2.10. The van der Waals surface area contributed by atoms with E-state index < -0.39 is 0 Å². The van der Waals surface area contributed by atoms with Crippen molar-refractivity contribution < 1.29 is 4.79 Å². The van der Waals surface area contributed by atoms with Crippen LogP contribution in [-0.4, -0.2) is 21.1 Å². The van der Waals surface area contributed by atoms with Crippen LogP contribution >= 0.6 is 0 Å². The smallest absolute Gasteiger partial charge is 0.230 e. The van der Waals surface area contributed by atoms with Crippen molar-refractivity contribution in [2.24, 2.45) is 0 Å². The lowest BCUT2D eigenvalue weighted by Crippen LogP contribution is -2.15. The van der Waals surface area contributed by atoms with E-state index in [-0.39, 0.29) is 5.91 Å². The maximum Gasteiger partial charge on any atom is 0.230 e. The van der Waals surface area contributed by atoms with Crippen LogP contribution < -0.4 is 5.32 Å². The van der Waals surface area contributed by atoms with Crippen LogP contribution in [0.4, 0.5) is 5.82 Å². The molecule has 0 aliphatic heterocycles. The van der Waals surface area contributed by atoms with E-state index in [1.54, 1.807) is 6.20 Å². The molecule has 0 saturated heterocycles. The van der Waals surface area contributed by atoms with Crippen LogP contribution in [-0.2, 0) is 11.2 Å². The highest BCUT2D eigenvalue weighted by Crippen LogP contribution is 2.18. The third kappa shape index (κ3) is 2.22. The Kier molecular flexibility index (Phi) is 2.79. The Balaban J connectivity index is 1.78. The first-order valence-corrected chi connectivity index (χ1v) is 6.09. The van der Waals surface area contributed by atoms with Crippen molar-refractivity contribution in [3.05, 3.63) is 47.8 Å². The van der Waals surface area contributed by atoms with E-state index in [2.05, 4.69) is 20.5 Å². The Hall–Kier alpha value is -2.56. The summed E-state index contributed by atoms with van der Waals surface area (Å²) in [7, 11) is 0. The number of carbonyl (C=O) groups is 1. The van der Waals surface area contributed by atoms with Gasteiger partial charge >= 0.3 is 0 Å². The van der Waals surface area contributed by atoms with E-state index in [1.807, 2.05) is 37.4 Å². The molecular formula is C14H14N4O. The molecule has 5 heteroatoms. The molecule has 96 valence electrons. The number of H-pyrrole nitrogens is 2. The van der Waals surface area contributed by atoms with E-state index in [4.69, 9.17) is 0 Å². The molecule has 0 fully saturated rings. The average molecular weight is 254 g/mol. The minimum absolute atomic E-state index is 0.0582. The minimum atomic E-state index is -0.0582. The summed E-state index contributed by atoms with van der Waals surface area (Å²) in [5, 5.41) is 10.5. The Morgan fingerprint density at radius 3 is 3.00 bits per heavy atom. The number of para-hydroxylation sites is 1. The third-order valence-corrected chi connectivity index (χ3v) is 3.12. The fourth-order valence-corrected chi connectivity index (χ4v) is 2.11. The molecule has 0 atom stereocenters. The molecule has 1 aromatic carbocycles. The van der Waals surface area contributed by atoms with Crippen molar-refractivity contribution in [3.8, 4) is 0 Å². The summed E-state index contributed by atoms with van der Waals surface area (Å²) in [6.45, 7) is 1.89. The second kappa shape index (κ2) is 4.61. The Bertz CT molecular complexity index is 726. The molecule has 5 nitrogen and oxygen atoms in total. The SMILES string of the molecule is Cc1cn[nH]c1NC(=O)Cc1c[nH]c2ccccc12. The van der Waals surface area contributed by atoms with Crippen LogP contribution in [0.15, 0.2) is 36.7 Å². The number of amides is 1. The fourth-order valence-electron chi connectivity index (χ4n) is 2.11. The zero-order valence-electron chi connectivity index (χ0n) is 10.5. The molecule has 3 aromatic rings. The number of hydrogen-bond acceptors (Lipinski definition) is 2. The van der Waals surface area contributed by atoms with E-state index in [1.165, 1.54) is 0 Å². The topological polar surface area (TPSA) is 73.6 Å². The molecule has 0 bridgehead atoms. The number of benzene rings is 1. The highest BCUT2D eigenvalue weighted by molar-refractivity contribution is 5.95. The summed E-state index contributed by atoms with van der Waals surface area (Å²) in [4.78, 5) is 15.2. The Morgan fingerprint density at radius 2 is 2.21 bits per heavy atom. The number of fused-ring (bicyclic) bond motifs is 1. The molecule has 2 heterocycles. The van der Waals surface area contributed by atoms with Gasteiger partial charge < -0.3 is 10.3 Å². The molecule has 0 aliphatic rings. The second-order valence-electron chi connectivity index (χ2n) is 4.51. The van der Waals surface area contributed by atoms with Gasteiger partial charge in [0.1, 0.15) is 5.82 Å². The number of aromatic nitrogens is 3. The molecule has 0 spiro atoms. The van der Waals surface area contributed by atoms with Crippen molar-refractivity contribution in [1.29, 1.82) is 0 Å². The van der Waals surface area contributed by atoms with Gasteiger partial charge in [-0.3, -0.25) is 9.89 Å². The number of aryl methyl sites for hydroxylation is 1. The molecule has 0 unspecified atom stereocenters. The highest BCUT2D eigenvalue weighted by atomic mass is 16.1. The van der Waals surface area contributed by atoms with Gasteiger partial charge in [-0.25, -0.2) is 0 Å². The maximum absolute atomic E-state index is 12.0.